The van der Waals surface area contributed by atoms with E-state index in [0.29, 0.717) is 17.6 Å². The predicted molar refractivity (Wildman–Crippen MR) is 87.9 cm³/mol. The Bertz CT molecular complexity index is 482. The number of rotatable bonds is 5. The second-order valence-electron chi connectivity index (χ2n) is 7.07. The van der Waals surface area contributed by atoms with Crippen LogP contribution >= 0.6 is 11.3 Å². The molecule has 0 saturated heterocycles. The van der Waals surface area contributed by atoms with Gasteiger partial charge in [-0.3, -0.25) is 0 Å². The van der Waals surface area contributed by atoms with Crippen LogP contribution in [-0.2, 0) is 24.1 Å². The quantitative estimate of drug-likeness (QED) is 0.885. The van der Waals surface area contributed by atoms with Crippen LogP contribution in [0.15, 0.2) is 6.07 Å². The van der Waals surface area contributed by atoms with Crippen molar-refractivity contribution in [3.8, 4) is 0 Å². The van der Waals surface area contributed by atoms with Crippen molar-refractivity contribution in [1.29, 1.82) is 0 Å². The highest BCUT2D eigenvalue weighted by molar-refractivity contribution is 7.12. The third-order valence-electron chi connectivity index (χ3n) is 6.01. The Kier molecular flexibility index (Phi) is 3.85. The molecule has 1 spiro atoms. The lowest BCUT2D eigenvalue weighted by molar-refractivity contribution is -0.130. The molecule has 21 heavy (non-hydrogen) atoms. The van der Waals surface area contributed by atoms with E-state index in [-0.39, 0.29) is 0 Å². The van der Waals surface area contributed by atoms with Crippen LogP contribution in [0.25, 0.3) is 0 Å². The minimum atomic E-state index is 0.468. The van der Waals surface area contributed by atoms with Gasteiger partial charge in [-0.15, -0.1) is 11.3 Å². The van der Waals surface area contributed by atoms with Crippen molar-refractivity contribution < 1.29 is 4.74 Å². The largest absolute Gasteiger partial charge is 0.378 e. The molecule has 2 unspecified atom stereocenters. The maximum absolute atomic E-state index is 6.01. The topological polar surface area (TPSA) is 21.3 Å². The van der Waals surface area contributed by atoms with Gasteiger partial charge in [0.1, 0.15) is 0 Å². The molecule has 0 bridgehead atoms. The number of nitrogens with one attached hydrogen (secondary N) is 1. The number of hydrogen-bond acceptors (Lipinski definition) is 3. The van der Waals surface area contributed by atoms with Gasteiger partial charge in [-0.05, 0) is 57.1 Å². The molecule has 0 amide bonds. The van der Waals surface area contributed by atoms with Crippen LogP contribution in [0.1, 0.15) is 60.8 Å². The summed E-state index contributed by atoms with van der Waals surface area (Å²) < 4.78 is 6.01. The number of fused-ring (bicyclic) bond motifs is 1. The third-order valence-corrected chi connectivity index (χ3v) is 7.24. The summed E-state index contributed by atoms with van der Waals surface area (Å²) >= 11 is 2.05. The Labute approximate surface area is 132 Å². The molecule has 0 aromatic carbocycles. The first-order chi connectivity index (χ1) is 10.3. The zero-order chi connectivity index (χ0) is 14.3. The fourth-order valence-corrected chi connectivity index (χ4v) is 6.09. The fraction of sp³-hybridized carbons (Fsp3) is 0.778. The van der Waals surface area contributed by atoms with Crippen LogP contribution in [0.3, 0.4) is 0 Å². The van der Waals surface area contributed by atoms with E-state index in [1.54, 1.807) is 15.3 Å². The normalized spacial score (nSPS) is 29.8. The van der Waals surface area contributed by atoms with Gasteiger partial charge in [-0.25, -0.2) is 0 Å². The van der Waals surface area contributed by atoms with Crippen molar-refractivity contribution in [2.75, 3.05) is 6.61 Å². The summed E-state index contributed by atoms with van der Waals surface area (Å²) in [4.78, 5) is 3.20. The van der Waals surface area contributed by atoms with E-state index >= 15 is 0 Å². The Balaban J connectivity index is 1.38. The van der Waals surface area contributed by atoms with Gasteiger partial charge < -0.3 is 10.1 Å². The van der Waals surface area contributed by atoms with Gasteiger partial charge in [0.25, 0.3) is 0 Å². The highest BCUT2D eigenvalue weighted by atomic mass is 32.1. The first kappa shape index (κ1) is 14.2. The summed E-state index contributed by atoms with van der Waals surface area (Å²) in [7, 11) is 0. The van der Waals surface area contributed by atoms with Crippen LogP contribution < -0.4 is 5.32 Å². The molecule has 1 N–H and O–H groups in total. The molecule has 1 heterocycles. The molecule has 0 aliphatic heterocycles. The molecule has 2 atom stereocenters. The van der Waals surface area contributed by atoms with Crippen LogP contribution in [0.5, 0.6) is 0 Å². The van der Waals surface area contributed by atoms with E-state index < -0.39 is 0 Å². The number of ether oxygens (including phenoxy) is 1. The molecule has 4 rings (SSSR count). The fourth-order valence-electron chi connectivity index (χ4n) is 4.87. The van der Waals surface area contributed by atoms with Crippen molar-refractivity contribution in [1.82, 2.24) is 5.32 Å². The summed E-state index contributed by atoms with van der Waals surface area (Å²) in [6.45, 7) is 4.08. The molecule has 2 saturated carbocycles. The van der Waals surface area contributed by atoms with Crippen LogP contribution in [0.2, 0.25) is 0 Å². The van der Waals surface area contributed by atoms with Gasteiger partial charge in [-0.1, -0.05) is 12.8 Å². The summed E-state index contributed by atoms with van der Waals surface area (Å²) in [5, 5.41) is 3.88. The first-order valence-corrected chi connectivity index (χ1v) is 9.59. The molecule has 1 aromatic heterocycles. The van der Waals surface area contributed by atoms with Gasteiger partial charge in [0.05, 0.1) is 6.10 Å². The van der Waals surface area contributed by atoms with Gasteiger partial charge in [0.2, 0.25) is 0 Å². The van der Waals surface area contributed by atoms with Gasteiger partial charge in [-0.2, -0.15) is 0 Å². The van der Waals surface area contributed by atoms with Crippen molar-refractivity contribution in [2.45, 2.75) is 77.0 Å². The molecular weight excluding hydrogens is 278 g/mol. The van der Waals surface area contributed by atoms with E-state index in [1.165, 1.54) is 51.4 Å². The van der Waals surface area contributed by atoms with E-state index in [4.69, 9.17) is 4.74 Å². The van der Waals surface area contributed by atoms with Crippen molar-refractivity contribution in [3.05, 3.63) is 21.4 Å². The molecular formula is C18H27NOS. The molecule has 3 aliphatic rings. The SMILES string of the molecule is CCOC1CC(NCc2cc3c(s2)CCC3)C12CCCC2. The Hall–Kier alpha value is -0.380. The highest BCUT2D eigenvalue weighted by Crippen LogP contribution is 2.54. The molecule has 116 valence electrons. The summed E-state index contributed by atoms with van der Waals surface area (Å²) in [6.07, 6.45) is 11.3. The first-order valence-electron chi connectivity index (χ1n) is 8.77. The zero-order valence-electron chi connectivity index (χ0n) is 13.1. The molecule has 2 nitrogen and oxygen atoms in total. The number of thiophene rings is 1. The predicted octanol–water partition coefficient (Wildman–Crippen LogP) is 4.06. The zero-order valence-corrected chi connectivity index (χ0v) is 13.9. The molecule has 0 radical (unpaired) electrons. The number of hydrogen-bond donors (Lipinski definition) is 1. The summed E-state index contributed by atoms with van der Waals surface area (Å²) in [5.41, 5.74) is 2.10. The maximum Gasteiger partial charge on any atom is 0.0661 e. The smallest absolute Gasteiger partial charge is 0.0661 e. The summed E-state index contributed by atoms with van der Waals surface area (Å²) in [5.74, 6) is 0. The van der Waals surface area contributed by atoms with Crippen LogP contribution in [-0.4, -0.2) is 18.8 Å². The molecule has 1 aromatic rings. The Morgan fingerprint density at radius 3 is 2.90 bits per heavy atom. The minimum absolute atomic E-state index is 0.468. The van der Waals surface area contributed by atoms with E-state index in [1.807, 2.05) is 11.3 Å². The van der Waals surface area contributed by atoms with Crippen LogP contribution in [0.4, 0.5) is 0 Å². The molecule has 3 aliphatic carbocycles. The minimum Gasteiger partial charge on any atom is -0.378 e. The Morgan fingerprint density at radius 2 is 2.14 bits per heavy atom. The highest BCUT2D eigenvalue weighted by Gasteiger charge is 2.56. The van der Waals surface area contributed by atoms with Crippen molar-refractivity contribution in [3.63, 3.8) is 0 Å². The average molecular weight is 305 g/mol. The third kappa shape index (κ3) is 2.38. The van der Waals surface area contributed by atoms with Gasteiger partial charge >= 0.3 is 0 Å². The van der Waals surface area contributed by atoms with Crippen molar-refractivity contribution >= 4 is 11.3 Å². The standard InChI is InChI=1S/C18H27NOS/c1-2-20-17-11-16(18(17)8-3-4-9-18)19-12-14-10-13-6-5-7-15(13)21-14/h10,16-17,19H,2-9,11-12H2,1H3. The maximum atomic E-state index is 6.01. The lowest BCUT2D eigenvalue weighted by Crippen LogP contribution is -2.62. The van der Waals surface area contributed by atoms with Crippen molar-refractivity contribution in [2.24, 2.45) is 5.41 Å². The molecule has 2 fully saturated rings. The number of aryl methyl sites for hydroxylation is 2. The van der Waals surface area contributed by atoms with Gasteiger partial charge in [0.15, 0.2) is 0 Å². The summed E-state index contributed by atoms with van der Waals surface area (Å²) in [6, 6.07) is 3.15. The monoisotopic (exact) mass is 305 g/mol. The van der Waals surface area contributed by atoms with Gasteiger partial charge in [0, 0.05) is 34.4 Å². The van der Waals surface area contributed by atoms with E-state index in [9.17, 15) is 0 Å². The second-order valence-corrected chi connectivity index (χ2v) is 8.29. The average Bonchev–Trinajstić information content (AvgIpc) is 3.16. The van der Waals surface area contributed by atoms with E-state index in [0.717, 1.165) is 13.2 Å². The lowest BCUT2D eigenvalue weighted by atomic mass is 9.60. The Morgan fingerprint density at radius 1 is 1.29 bits per heavy atom. The van der Waals surface area contributed by atoms with E-state index in [2.05, 4.69) is 18.3 Å². The lowest BCUT2D eigenvalue weighted by Gasteiger charge is -2.54. The molecule has 3 heteroatoms. The van der Waals surface area contributed by atoms with Crippen LogP contribution in [0, 0.1) is 5.41 Å². The second kappa shape index (κ2) is 5.68.